The molecule has 174 valence electrons. The fraction of sp³-hybridized carbons (Fsp3) is 0.550. The van der Waals surface area contributed by atoms with E-state index in [1.54, 1.807) is 6.92 Å². The molecule has 2 amide bonds. The van der Waals surface area contributed by atoms with Crippen molar-refractivity contribution in [2.24, 2.45) is 11.7 Å². The summed E-state index contributed by atoms with van der Waals surface area (Å²) in [6, 6.07) is 0. The first kappa shape index (κ1) is 24.2. The number of ether oxygens (including phenoxy) is 2. The molecule has 10 nitrogen and oxygen atoms in total. The van der Waals surface area contributed by atoms with Gasteiger partial charge in [-0.25, -0.2) is 9.78 Å². The predicted molar refractivity (Wildman–Crippen MR) is 121 cm³/mol. The molecule has 0 aliphatic heterocycles. The van der Waals surface area contributed by atoms with Crippen molar-refractivity contribution >= 4 is 45.9 Å². The van der Waals surface area contributed by atoms with Gasteiger partial charge in [-0.3, -0.25) is 14.7 Å². The first-order chi connectivity index (χ1) is 15.4. The third-order valence-corrected chi connectivity index (χ3v) is 7.22. The van der Waals surface area contributed by atoms with E-state index in [1.165, 1.54) is 44.6 Å². The number of thioether (sulfide) groups is 1. The van der Waals surface area contributed by atoms with Crippen LogP contribution >= 0.6 is 23.1 Å². The van der Waals surface area contributed by atoms with Gasteiger partial charge in [0.1, 0.15) is 17.4 Å². The van der Waals surface area contributed by atoms with Crippen LogP contribution in [0.3, 0.4) is 0 Å². The second-order valence-electron chi connectivity index (χ2n) is 7.51. The molecule has 0 saturated heterocycles. The van der Waals surface area contributed by atoms with Crippen molar-refractivity contribution in [1.29, 1.82) is 0 Å². The number of aromatic amines is 1. The Morgan fingerprint density at radius 3 is 2.72 bits per heavy atom. The summed E-state index contributed by atoms with van der Waals surface area (Å²) in [7, 11) is 1.49. The number of carbonyl (C=O) groups excluding carboxylic acids is 3. The van der Waals surface area contributed by atoms with Gasteiger partial charge in [-0.15, -0.1) is 16.4 Å². The van der Waals surface area contributed by atoms with Crippen LogP contribution in [-0.2, 0) is 20.7 Å². The molecular weight excluding hydrogens is 454 g/mol. The van der Waals surface area contributed by atoms with Crippen LogP contribution in [0.25, 0.3) is 0 Å². The number of nitrogens with two attached hydrogens (primary N) is 1. The molecule has 1 fully saturated rings. The average Bonchev–Trinajstić information content (AvgIpc) is 3.48. The maximum absolute atomic E-state index is 12.5. The van der Waals surface area contributed by atoms with Gasteiger partial charge in [-0.1, -0.05) is 37.4 Å². The second-order valence-corrected chi connectivity index (χ2v) is 9.47. The van der Waals surface area contributed by atoms with Crippen LogP contribution in [0.5, 0.6) is 0 Å². The Bertz CT molecular complexity index is 968. The van der Waals surface area contributed by atoms with Crippen molar-refractivity contribution in [3.05, 3.63) is 21.8 Å². The Labute approximate surface area is 194 Å². The minimum atomic E-state index is -0.677. The van der Waals surface area contributed by atoms with Crippen molar-refractivity contribution in [2.45, 2.75) is 44.2 Å². The van der Waals surface area contributed by atoms with E-state index in [0.29, 0.717) is 16.6 Å². The molecule has 0 bridgehead atoms. The number of esters is 1. The Kier molecular flexibility index (Phi) is 8.65. The van der Waals surface area contributed by atoms with Crippen LogP contribution < -0.4 is 11.1 Å². The largest absolute Gasteiger partial charge is 0.460 e. The smallest absolute Gasteiger partial charge is 0.341 e. The van der Waals surface area contributed by atoms with E-state index in [-0.39, 0.29) is 40.3 Å². The maximum atomic E-state index is 12.5. The van der Waals surface area contributed by atoms with E-state index >= 15 is 0 Å². The number of nitrogens with zero attached hydrogens (tertiary/aromatic N) is 2. The number of methoxy groups -OCH3 is 1. The summed E-state index contributed by atoms with van der Waals surface area (Å²) in [6.07, 6.45) is 5.84. The summed E-state index contributed by atoms with van der Waals surface area (Å²) >= 11 is 2.14. The predicted octanol–water partition coefficient (Wildman–Crippen LogP) is 2.54. The van der Waals surface area contributed by atoms with Gasteiger partial charge in [0.05, 0.1) is 22.8 Å². The molecule has 0 unspecified atom stereocenters. The number of carbonyl (C=O) groups is 3. The highest BCUT2D eigenvalue weighted by Gasteiger charge is 2.26. The lowest BCUT2D eigenvalue weighted by Crippen LogP contribution is -2.17. The Morgan fingerprint density at radius 2 is 2.03 bits per heavy atom. The van der Waals surface area contributed by atoms with E-state index in [1.807, 2.05) is 0 Å². The van der Waals surface area contributed by atoms with Crippen LogP contribution in [0.2, 0.25) is 0 Å². The molecule has 1 aliphatic carbocycles. The molecule has 2 aromatic heterocycles. The quantitative estimate of drug-likeness (QED) is 0.252. The normalized spacial score (nSPS) is 13.9. The van der Waals surface area contributed by atoms with E-state index in [0.717, 1.165) is 23.6 Å². The molecule has 4 N–H and O–H groups in total. The fourth-order valence-electron chi connectivity index (χ4n) is 3.59. The lowest BCUT2D eigenvalue weighted by atomic mass is 10.0. The number of amides is 2. The summed E-state index contributed by atoms with van der Waals surface area (Å²) in [5.41, 5.74) is 5.90. The molecule has 1 saturated carbocycles. The van der Waals surface area contributed by atoms with Gasteiger partial charge in [0.25, 0.3) is 5.91 Å². The molecular formula is C20H27N5O5S2. The third kappa shape index (κ3) is 6.30. The number of primary amides is 1. The van der Waals surface area contributed by atoms with E-state index in [4.69, 9.17) is 15.2 Å². The van der Waals surface area contributed by atoms with Crippen molar-refractivity contribution in [3.8, 4) is 0 Å². The van der Waals surface area contributed by atoms with Gasteiger partial charge in [0.2, 0.25) is 11.1 Å². The van der Waals surface area contributed by atoms with E-state index in [9.17, 15) is 14.4 Å². The second kappa shape index (κ2) is 11.4. The highest BCUT2D eigenvalue weighted by atomic mass is 32.2. The summed E-state index contributed by atoms with van der Waals surface area (Å²) in [6.45, 7) is 1.87. The van der Waals surface area contributed by atoms with Crippen LogP contribution in [0.15, 0.2) is 5.16 Å². The van der Waals surface area contributed by atoms with Crippen molar-refractivity contribution in [3.63, 3.8) is 0 Å². The maximum Gasteiger partial charge on any atom is 0.341 e. The lowest BCUT2D eigenvalue weighted by Gasteiger charge is -2.07. The molecule has 0 aromatic carbocycles. The molecule has 0 atom stereocenters. The Hall–Kier alpha value is -2.44. The molecule has 32 heavy (non-hydrogen) atoms. The van der Waals surface area contributed by atoms with Crippen molar-refractivity contribution in [2.75, 3.05) is 31.4 Å². The van der Waals surface area contributed by atoms with Gasteiger partial charge in [-0.2, -0.15) is 0 Å². The summed E-state index contributed by atoms with van der Waals surface area (Å²) in [5, 5.41) is 10.5. The van der Waals surface area contributed by atoms with E-state index < -0.39 is 11.9 Å². The Balaban J connectivity index is 1.61. The SMILES string of the molecule is COCCOC(=O)c1c(NC(=O)CSc2n[nH]c(CC3CCCC3)n2)sc(C(N)=O)c1C. The van der Waals surface area contributed by atoms with Crippen LogP contribution in [0.4, 0.5) is 5.00 Å². The number of anilines is 1. The summed E-state index contributed by atoms with van der Waals surface area (Å²) in [4.78, 5) is 41.4. The first-order valence-electron chi connectivity index (χ1n) is 10.3. The zero-order valence-electron chi connectivity index (χ0n) is 18.1. The van der Waals surface area contributed by atoms with Gasteiger partial charge in [0.15, 0.2) is 0 Å². The molecule has 2 aromatic rings. The standard InChI is InChI=1S/C20H27N5O5S2/c1-11-15(19(28)30-8-7-29-2)18(32-16(11)17(21)27)23-14(26)10-31-20-22-13(24-25-20)9-12-5-3-4-6-12/h12H,3-10H2,1-2H3,(H2,21,27)(H,23,26)(H,22,24,25). The van der Waals surface area contributed by atoms with Crippen LogP contribution in [-0.4, -0.2) is 59.0 Å². The molecule has 0 radical (unpaired) electrons. The zero-order chi connectivity index (χ0) is 23.1. The summed E-state index contributed by atoms with van der Waals surface area (Å²) < 4.78 is 10.0. The van der Waals surface area contributed by atoms with Gasteiger partial charge in [0, 0.05) is 13.5 Å². The molecule has 2 heterocycles. The van der Waals surface area contributed by atoms with Gasteiger partial charge >= 0.3 is 5.97 Å². The number of hydrogen-bond donors (Lipinski definition) is 3. The van der Waals surface area contributed by atoms with Gasteiger partial charge in [-0.05, 0) is 18.4 Å². The number of aromatic nitrogens is 3. The Morgan fingerprint density at radius 1 is 1.28 bits per heavy atom. The average molecular weight is 482 g/mol. The third-order valence-electron chi connectivity index (χ3n) is 5.15. The number of H-pyrrole nitrogens is 1. The first-order valence-corrected chi connectivity index (χ1v) is 12.1. The topological polar surface area (TPSA) is 149 Å². The highest BCUT2D eigenvalue weighted by Crippen LogP contribution is 2.34. The van der Waals surface area contributed by atoms with E-state index in [2.05, 4.69) is 20.5 Å². The minimum absolute atomic E-state index is 0.0434. The van der Waals surface area contributed by atoms with Crippen LogP contribution in [0.1, 0.15) is 57.1 Å². The highest BCUT2D eigenvalue weighted by molar-refractivity contribution is 7.99. The molecule has 0 spiro atoms. The minimum Gasteiger partial charge on any atom is -0.460 e. The van der Waals surface area contributed by atoms with Crippen LogP contribution in [0, 0.1) is 12.8 Å². The lowest BCUT2D eigenvalue weighted by molar-refractivity contribution is -0.113. The monoisotopic (exact) mass is 481 g/mol. The van der Waals surface area contributed by atoms with Gasteiger partial charge < -0.3 is 20.5 Å². The molecule has 12 heteroatoms. The molecule has 3 rings (SSSR count). The zero-order valence-corrected chi connectivity index (χ0v) is 19.7. The molecule has 1 aliphatic rings. The number of hydrogen-bond acceptors (Lipinski definition) is 9. The summed E-state index contributed by atoms with van der Waals surface area (Å²) in [5.74, 6) is -0.170. The number of nitrogens with one attached hydrogen (secondary N) is 2. The van der Waals surface area contributed by atoms with Crippen molar-refractivity contribution in [1.82, 2.24) is 15.2 Å². The fourth-order valence-corrected chi connectivity index (χ4v) is 5.27. The number of thiophene rings is 1. The number of rotatable bonds is 11. The van der Waals surface area contributed by atoms with Crippen molar-refractivity contribution < 1.29 is 23.9 Å².